The van der Waals surface area contributed by atoms with Crippen molar-refractivity contribution in [2.45, 2.75) is 0 Å². The Balaban J connectivity index is 1.33. The molecule has 140 valence electrons. The van der Waals surface area contributed by atoms with Crippen LogP contribution in [-0.2, 0) is 4.79 Å². The Bertz CT molecular complexity index is 953. The maximum atomic E-state index is 12.4. The third-order valence-corrected chi connectivity index (χ3v) is 6.08. The van der Waals surface area contributed by atoms with E-state index < -0.39 is 0 Å². The quantitative estimate of drug-likeness (QED) is 0.628. The van der Waals surface area contributed by atoms with Crippen molar-refractivity contribution >= 4 is 55.8 Å². The van der Waals surface area contributed by atoms with Gasteiger partial charge in [-0.2, -0.15) is 0 Å². The highest BCUT2D eigenvalue weighted by Gasteiger charge is 2.23. The molecular weight excluding hydrogens is 405 g/mol. The van der Waals surface area contributed by atoms with E-state index in [1.54, 1.807) is 35.6 Å². The number of carbonyl (C=O) groups is 1. The molecule has 1 fully saturated rings. The van der Waals surface area contributed by atoms with Gasteiger partial charge in [0.1, 0.15) is 11.3 Å². The molecule has 3 aromatic rings. The van der Waals surface area contributed by atoms with Crippen molar-refractivity contribution in [3.63, 3.8) is 0 Å². The average Bonchev–Trinajstić information content (AvgIpc) is 3.13. The van der Waals surface area contributed by atoms with Crippen LogP contribution in [0.5, 0.6) is 5.75 Å². The lowest BCUT2D eigenvalue weighted by Crippen LogP contribution is -2.50. The van der Waals surface area contributed by atoms with Gasteiger partial charge in [0.2, 0.25) is 0 Å². The number of halogens is 2. The first-order valence-electron chi connectivity index (χ1n) is 8.56. The van der Waals surface area contributed by atoms with Crippen LogP contribution in [0.2, 0.25) is 10.0 Å². The second-order valence-electron chi connectivity index (χ2n) is 6.19. The number of ether oxygens (including phenoxy) is 1. The third-order valence-electron chi connectivity index (χ3n) is 4.44. The predicted octanol–water partition coefficient (Wildman–Crippen LogP) is 4.33. The van der Waals surface area contributed by atoms with Crippen LogP contribution in [0, 0.1) is 0 Å². The number of thiazole rings is 1. The van der Waals surface area contributed by atoms with Crippen molar-refractivity contribution in [1.29, 1.82) is 0 Å². The Morgan fingerprint density at radius 3 is 2.52 bits per heavy atom. The molecule has 0 bridgehead atoms. The van der Waals surface area contributed by atoms with E-state index in [0.717, 1.165) is 28.4 Å². The number of nitrogens with zero attached hydrogens (tertiary/aromatic N) is 3. The van der Waals surface area contributed by atoms with Crippen molar-refractivity contribution in [1.82, 2.24) is 9.88 Å². The minimum Gasteiger partial charge on any atom is -0.484 e. The number of anilines is 1. The molecule has 27 heavy (non-hydrogen) atoms. The number of hydrogen-bond acceptors (Lipinski definition) is 5. The molecule has 1 aromatic heterocycles. The van der Waals surface area contributed by atoms with E-state index in [2.05, 4.69) is 9.88 Å². The minimum atomic E-state index is -0.0167. The van der Waals surface area contributed by atoms with Gasteiger partial charge in [-0.1, -0.05) is 40.6 Å². The molecular formula is C19H17Cl2N3O2S. The highest BCUT2D eigenvalue weighted by atomic mass is 35.5. The Hall–Kier alpha value is -2.02. The molecule has 1 saturated heterocycles. The number of rotatable bonds is 4. The van der Waals surface area contributed by atoms with Crippen molar-refractivity contribution in [2.75, 3.05) is 37.7 Å². The highest BCUT2D eigenvalue weighted by molar-refractivity contribution is 7.22. The van der Waals surface area contributed by atoms with Gasteiger partial charge >= 0.3 is 0 Å². The first-order valence-corrected chi connectivity index (χ1v) is 10.1. The predicted molar refractivity (Wildman–Crippen MR) is 110 cm³/mol. The molecule has 1 aliphatic heterocycles. The largest absolute Gasteiger partial charge is 0.484 e. The summed E-state index contributed by atoms with van der Waals surface area (Å²) in [5.41, 5.74) is 0.842. The number of fused-ring (bicyclic) bond motifs is 1. The molecule has 0 spiro atoms. The van der Waals surface area contributed by atoms with Crippen LogP contribution in [0.15, 0.2) is 42.5 Å². The van der Waals surface area contributed by atoms with Crippen molar-refractivity contribution < 1.29 is 9.53 Å². The number of piperazine rings is 1. The molecule has 0 atom stereocenters. The Morgan fingerprint density at radius 2 is 1.81 bits per heavy atom. The van der Waals surface area contributed by atoms with Crippen LogP contribution in [0.1, 0.15) is 0 Å². The monoisotopic (exact) mass is 421 g/mol. The normalized spacial score (nSPS) is 14.6. The second kappa shape index (κ2) is 7.92. The van der Waals surface area contributed by atoms with Gasteiger partial charge < -0.3 is 14.5 Å². The number of hydrogen-bond donors (Lipinski definition) is 0. The summed E-state index contributed by atoms with van der Waals surface area (Å²) in [6.07, 6.45) is 0. The van der Waals surface area contributed by atoms with E-state index in [-0.39, 0.29) is 12.5 Å². The van der Waals surface area contributed by atoms with E-state index in [0.29, 0.717) is 28.9 Å². The zero-order chi connectivity index (χ0) is 18.8. The maximum absolute atomic E-state index is 12.4. The molecule has 0 aliphatic carbocycles. The van der Waals surface area contributed by atoms with Crippen LogP contribution in [0.25, 0.3) is 10.2 Å². The van der Waals surface area contributed by atoms with E-state index in [1.807, 2.05) is 23.1 Å². The molecule has 0 radical (unpaired) electrons. The molecule has 0 saturated carbocycles. The average molecular weight is 422 g/mol. The van der Waals surface area contributed by atoms with Crippen LogP contribution < -0.4 is 9.64 Å². The molecule has 1 amide bonds. The van der Waals surface area contributed by atoms with Crippen LogP contribution >= 0.6 is 34.5 Å². The zero-order valence-corrected chi connectivity index (χ0v) is 16.7. The maximum Gasteiger partial charge on any atom is 0.260 e. The van der Waals surface area contributed by atoms with Crippen LogP contribution in [-0.4, -0.2) is 48.6 Å². The summed E-state index contributed by atoms with van der Waals surface area (Å²) in [4.78, 5) is 21.1. The summed E-state index contributed by atoms with van der Waals surface area (Å²) < 4.78 is 6.63. The molecule has 2 aromatic carbocycles. The van der Waals surface area contributed by atoms with E-state index >= 15 is 0 Å². The lowest BCUT2D eigenvalue weighted by molar-refractivity contribution is -0.133. The third kappa shape index (κ3) is 4.13. The van der Waals surface area contributed by atoms with Gasteiger partial charge in [-0.05, 0) is 36.4 Å². The van der Waals surface area contributed by atoms with E-state index in [4.69, 9.17) is 27.9 Å². The zero-order valence-electron chi connectivity index (χ0n) is 14.4. The Labute approximate surface area is 171 Å². The molecule has 0 N–H and O–H groups in total. The van der Waals surface area contributed by atoms with Crippen molar-refractivity contribution in [3.8, 4) is 5.75 Å². The summed E-state index contributed by atoms with van der Waals surface area (Å²) in [7, 11) is 0. The van der Waals surface area contributed by atoms with Crippen molar-refractivity contribution in [3.05, 3.63) is 52.5 Å². The number of para-hydroxylation sites is 1. The SMILES string of the molecule is O=C(COc1ccc(Cl)cc1)N1CCN(c2nc3c(Cl)cccc3s2)CC1. The summed E-state index contributed by atoms with van der Waals surface area (Å²) in [5.74, 6) is 0.620. The Morgan fingerprint density at radius 1 is 1.07 bits per heavy atom. The van der Waals surface area contributed by atoms with Gasteiger partial charge in [-0.25, -0.2) is 4.98 Å². The topological polar surface area (TPSA) is 45.7 Å². The molecule has 8 heteroatoms. The smallest absolute Gasteiger partial charge is 0.260 e. The number of aromatic nitrogens is 1. The fraction of sp³-hybridized carbons (Fsp3) is 0.263. The lowest BCUT2D eigenvalue weighted by Gasteiger charge is -2.34. The first kappa shape index (κ1) is 18.3. The van der Waals surface area contributed by atoms with Gasteiger partial charge in [0.15, 0.2) is 11.7 Å². The lowest BCUT2D eigenvalue weighted by atomic mass is 10.3. The second-order valence-corrected chi connectivity index (χ2v) is 8.05. The summed E-state index contributed by atoms with van der Waals surface area (Å²) in [6, 6.07) is 12.8. The Kier molecular flexibility index (Phi) is 5.38. The van der Waals surface area contributed by atoms with Gasteiger partial charge in [0.25, 0.3) is 5.91 Å². The number of amides is 1. The fourth-order valence-corrected chi connectivity index (χ4v) is 4.40. The molecule has 2 heterocycles. The summed E-state index contributed by atoms with van der Waals surface area (Å²) in [5, 5.41) is 2.26. The molecule has 1 aliphatic rings. The summed E-state index contributed by atoms with van der Waals surface area (Å²) in [6.45, 7) is 2.80. The molecule has 5 nitrogen and oxygen atoms in total. The highest BCUT2D eigenvalue weighted by Crippen LogP contribution is 2.33. The van der Waals surface area contributed by atoms with Gasteiger partial charge in [0, 0.05) is 31.2 Å². The van der Waals surface area contributed by atoms with E-state index in [9.17, 15) is 4.79 Å². The van der Waals surface area contributed by atoms with Gasteiger partial charge in [-0.3, -0.25) is 4.79 Å². The number of benzene rings is 2. The summed E-state index contributed by atoms with van der Waals surface area (Å²) >= 11 is 13.7. The first-order chi connectivity index (χ1) is 13.1. The van der Waals surface area contributed by atoms with Gasteiger partial charge in [0.05, 0.1) is 9.72 Å². The molecule has 0 unspecified atom stereocenters. The van der Waals surface area contributed by atoms with E-state index in [1.165, 1.54) is 0 Å². The standard InChI is InChI=1S/C19H17Cl2N3O2S/c20-13-4-6-14(7-5-13)26-12-17(25)23-8-10-24(11-9-23)19-22-18-15(21)2-1-3-16(18)27-19/h1-7H,8-12H2. The van der Waals surface area contributed by atoms with Crippen LogP contribution in [0.3, 0.4) is 0 Å². The van der Waals surface area contributed by atoms with Gasteiger partial charge in [-0.15, -0.1) is 0 Å². The minimum absolute atomic E-state index is 0.0167. The fourth-order valence-electron chi connectivity index (χ4n) is 2.95. The van der Waals surface area contributed by atoms with Crippen LogP contribution in [0.4, 0.5) is 5.13 Å². The number of carbonyl (C=O) groups excluding carboxylic acids is 1. The van der Waals surface area contributed by atoms with Crippen molar-refractivity contribution in [2.24, 2.45) is 0 Å². The molecule has 4 rings (SSSR count).